The number of benzene rings is 2. The number of hydrogen-bond donors (Lipinski definition) is 2. The zero-order valence-corrected chi connectivity index (χ0v) is 8.64. The summed E-state index contributed by atoms with van der Waals surface area (Å²) in [4.78, 5) is 1.14. The maximum Gasteiger partial charge on any atom is 0.123 e. The average molecular weight is 205 g/mol. The molecule has 2 aromatic carbocycles. The molecule has 0 amide bonds. The van der Waals surface area contributed by atoms with Crippen molar-refractivity contribution in [3.8, 4) is 5.75 Å². The molecule has 2 nitrogen and oxygen atoms in total. The van der Waals surface area contributed by atoms with E-state index in [4.69, 9.17) is 0 Å². The van der Waals surface area contributed by atoms with Crippen LogP contribution in [-0.2, 0) is 0 Å². The molecule has 0 radical (unpaired) electrons. The van der Waals surface area contributed by atoms with Gasteiger partial charge in [0, 0.05) is 10.3 Å². The van der Waals surface area contributed by atoms with E-state index < -0.39 is 0 Å². The first-order chi connectivity index (χ1) is 6.81. The third kappa shape index (κ3) is 1.69. The molecule has 0 spiro atoms. The predicted octanol–water partition coefficient (Wildman–Crippen LogP) is 2.77. The van der Waals surface area contributed by atoms with Crippen molar-refractivity contribution in [3.05, 3.63) is 36.4 Å². The van der Waals surface area contributed by atoms with Crippen LogP contribution in [0.1, 0.15) is 0 Å². The number of phenols is 1. The lowest BCUT2D eigenvalue weighted by molar-refractivity contribution is 0.481. The highest BCUT2D eigenvalue weighted by Gasteiger charge is 1.99. The van der Waals surface area contributed by atoms with E-state index in [1.165, 1.54) is 0 Å². The maximum absolute atomic E-state index is 9.57. The van der Waals surface area contributed by atoms with E-state index in [9.17, 15) is 5.11 Å². The minimum Gasteiger partial charge on any atom is -0.507 e. The van der Waals surface area contributed by atoms with Crippen LogP contribution in [0, 0.1) is 0 Å². The second-order valence-electron chi connectivity index (χ2n) is 2.97. The van der Waals surface area contributed by atoms with Crippen LogP contribution in [0.25, 0.3) is 10.8 Å². The molecule has 0 bridgehead atoms. The van der Waals surface area contributed by atoms with Gasteiger partial charge in [-0.3, -0.25) is 4.72 Å². The Morgan fingerprint density at radius 1 is 1.21 bits per heavy atom. The third-order valence-corrected chi connectivity index (χ3v) is 2.74. The van der Waals surface area contributed by atoms with E-state index in [2.05, 4.69) is 10.8 Å². The lowest BCUT2D eigenvalue weighted by Crippen LogP contribution is -1.89. The van der Waals surface area contributed by atoms with E-state index in [-0.39, 0.29) is 0 Å². The van der Waals surface area contributed by atoms with Gasteiger partial charge in [0.2, 0.25) is 0 Å². The van der Waals surface area contributed by atoms with Crippen molar-refractivity contribution in [2.45, 2.75) is 4.90 Å². The molecule has 0 heterocycles. The molecule has 0 saturated heterocycles. The Morgan fingerprint density at radius 3 is 2.86 bits per heavy atom. The van der Waals surface area contributed by atoms with E-state index in [1.807, 2.05) is 31.3 Å². The van der Waals surface area contributed by atoms with Crippen molar-refractivity contribution in [1.82, 2.24) is 4.72 Å². The van der Waals surface area contributed by atoms with Crippen LogP contribution in [0.3, 0.4) is 0 Å². The molecule has 0 aliphatic carbocycles. The summed E-state index contributed by atoms with van der Waals surface area (Å²) >= 11 is 1.56. The molecule has 0 atom stereocenters. The van der Waals surface area contributed by atoms with E-state index in [0.29, 0.717) is 5.75 Å². The van der Waals surface area contributed by atoms with Crippen molar-refractivity contribution >= 4 is 22.7 Å². The largest absolute Gasteiger partial charge is 0.507 e. The van der Waals surface area contributed by atoms with Crippen LogP contribution < -0.4 is 4.72 Å². The van der Waals surface area contributed by atoms with Crippen molar-refractivity contribution in [3.63, 3.8) is 0 Å². The Morgan fingerprint density at radius 2 is 2.07 bits per heavy atom. The summed E-state index contributed by atoms with van der Waals surface area (Å²) in [5.74, 6) is 0.337. The van der Waals surface area contributed by atoms with Crippen LogP contribution in [0.15, 0.2) is 41.3 Å². The molecule has 0 aromatic heterocycles. The lowest BCUT2D eigenvalue weighted by atomic mass is 10.1. The smallest absolute Gasteiger partial charge is 0.123 e. The van der Waals surface area contributed by atoms with E-state index >= 15 is 0 Å². The van der Waals surface area contributed by atoms with Gasteiger partial charge in [-0.05, 0) is 48.6 Å². The lowest BCUT2D eigenvalue weighted by Gasteiger charge is -2.03. The molecule has 0 unspecified atom stereocenters. The fraction of sp³-hybridized carbons (Fsp3) is 0.0909. The minimum atomic E-state index is 0.337. The molecule has 2 aromatic rings. The Labute approximate surface area is 87.1 Å². The number of aromatic hydroxyl groups is 1. The molecule has 2 rings (SSSR count). The van der Waals surface area contributed by atoms with E-state index in [0.717, 1.165) is 15.7 Å². The van der Waals surface area contributed by atoms with Crippen molar-refractivity contribution in [1.29, 1.82) is 0 Å². The molecule has 3 heteroatoms. The molecule has 14 heavy (non-hydrogen) atoms. The Kier molecular flexibility index (Phi) is 2.61. The first-order valence-electron chi connectivity index (χ1n) is 4.36. The summed E-state index contributed by atoms with van der Waals surface area (Å²) in [6.45, 7) is 0. The first kappa shape index (κ1) is 9.37. The van der Waals surface area contributed by atoms with Gasteiger partial charge in [-0.15, -0.1) is 0 Å². The van der Waals surface area contributed by atoms with Gasteiger partial charge in [-0.25, -0.2) is 0 Å². The Hall–Kier alpha value is -1.19. The number of fused-ring (bicyclic) bond motifs is 1. The number of rotatable bonds is 2. The summed E-state index contributed by atoms with van der Waals surface area (Å²) in [5.41, 5.74) is 0. The average Bonchev–Trinajstić information content (AvgIpc) is 2.18. The van der Waals surface area contributed by atoms with Crippen molar-refractivity contribution in [2.24, 2.45) is 0 Å². The molecule has 0 fully saturated rings. The number of hydrogen-bond acceptors (Lipinski definition) is 3. The summed E-state index contributed by atoms with van der Waals surface area (Å²) in [6, 6.07) is 11.5. The van der Waals surface area contributed by atoms with Crippen LogP contribution in [-0.4, -0.2) is 12.2 Å². The SMILES string of the molecule is CNSc1ccc2c(O)cccc2c1. The summed E-state index contributed by atoms with van der Waals surface area (Å²) in [6.07, 6.45) is 0. The quantitative estimate of drug-likeness (QED) is 0.739. The summed E-state index contributed by atoms with van der Waals surface area (Å²) < 4.78 is 3.02. The second kappa shape index (κ2) is 3.90. The van der Waals surface area contributed by atoms with Crippen LogP contribution in [0.5, 0.6) is 5.75 Å². The van der Waals surface area contributed by atoms with Gasteiger partial charge in [0.1, 0.15) is 5.75 Å². The molecule has 0 saturated carbocycles. The minimum absolute atomic E-state index is 0.337. The second-order valence-corrected chi connectivity index (χ2v) is 4.05. The molecular weight excluding hydrogens is 194 g/mol. The molecule has 0 aliphatic heterocycles. The molecule has 72 valence electrons. The first-order valence-corrected chi connectivity index (χ1v) is 5.18. The van der Waals surface area contributed by atoms with Gasteiger partial charge in [0.25, 0.3) is 0 Å². The van der Waals surface area contributed by atoms with Crippen LogP contribution >= 0.6 is 11.9 Å². The number of phenolic OH excluding ortho intramolecular Hbond substituents is 1. The van der Waals surface area contributed by atoms with Crippen LogP contribution in [0.4, 0.5) is 0 Å². The van der Waals surface area contributed by atoms with Gasteiger partial charge in [-0.2, -0.15) is 0 Å². The van der Waals surface area contributed by atoms with Gasteiger partial charge >= 0.3 is 0 Å². The zero-order chi connectivity index (χ0) is 9.97. The normalized spacial score (nSPS) is 10.6. The molecule has 2 N–H and O–H groups in total. The molecule has 0 aliphatic rings. The summed E-state index contributed by atoms with van der Waals surface area (Å²) in [7, 11) is 1.89. The van der Waals surface area contributed by atoms with Crippen LogP contribution in [0.2, 0.25) is 0 Å². The van der Waals surface area contributed by atoms with E-state index in [1.54, 1.807) is 18.0 Å². The maximum atomic E-state index is 9.57. The zero-order valence-electron chi connectivity index (χ0n) is 7.82. The standard InChI is InChI=1S/C11H11NOS/c1-12-14-9-5-6-10-8(7-9)3-2-4-11(10)13/h2-7,12-13H,1H3. The van der Waals surface area contributed by atoms with Crippen molar-refractivity contribution in [2.75, 3.05) is 7.05 Å². The molecular formula is C11H11NOS. The topological polar surface area (TPSA) is 32.3 Å². The van der Waals surface area contributed by atoms with Gasteiger partial charge in [-0.1, -0.05) is 12.1 Å². The van der Waals surface area contributed by atoms with Crippen molar-refractivity contribution < 1.29 is 5.11 Å². The highest BCUT2D eigenvalue weighted by Crippen LogP contribution is 2.27. The fourth-order valence-corrected chi connectivity index (χ4v) is 1.98. The van der Waals surface area contributed by atoms with Gasteiger partial charge in [0.15, 0.2) is 0 Å². The predicted molar refractivity (Wildman–Crippen MR) is 60.5 cm³/mol. The highest BCUT2D eigenvalue weighted by atomic mass is 32.2. The fourth-order valence-electron chi connectivity index (χ4n) is 1.43. The monoisotopic (exact) mass is 205 g/mol. The Bertz CT molecular complexity index is 456. The number of nitrogens with one attached hydrogen (secondary N) is 1. The van der Waals surface area contributed by atoms with Gasteiger partial charge < -0.3 is 5.11 Å². The highest BCUT2D eigenvalue weighted by molar-refractivity contribution is 7.97. The summed E-state index contributed by atoms with van der Waals surface area (Å²) in [5, 5.41) is 11.5. The Balaban J connectivity index is 2.56. The van der Waals surface area contributed by atoms with Gasteiger partial charge in [0.05, 0.1) is 0 Å². The third-order valence-electron chi connectivity index (χ3n) is 2.05.